The highest BCUT2D eigenvalue weighted by atomic mass is 35.5. The molecule has 0 fully saturated rings. The first-order valence-corrected chi connectivity index (χ1v) is 9.25. The Labute approximate surface area is 167 Å². The molecule has 0 saturated carbocycles. The van der Waals surface area contributed by atoms with Gasteiger partial charge in [-0.1, -0.05) is 48.0 Å². The van der Waals surface area contributed by atoms with Gasteiger partial charge in [0.1, 0.15) is 6.04 Å². The van der Waals surface area contributed by atoms with E-state index < -0.39 is 17.9 Å². The van der Waals surface area contributed by atoms with Crippen molar-refractivity contribution in [3.05, 3.63) is 82.1 Å². The average Bonchev–Trinajstić information content (AvgIpc) is 3.08. The van der Waals surface area contributed by atoms with E-state index in [1.54, 1.807) is 16.8 Å². The monoisotopic (exact) mass is 395 g/mol. The van der Waals surface area contributed by atoms with Crippen molar-refractivity contribution in [3.63, 3.8) is 0 Å². The van der Waals surface area contributed by atoms with Gasteiger partial charge in [0.05, 0.1) is 10.7 Å². The van der Waals surface area contributed by atoms with E-state index in [0.717, 1.165) is 16.8 Å². The summed E-state index contributed by atoms with van der Waals surface area (Å²) in [5, 5.41) is 14.6. The number of aryl methyl sites for hydroxylation is 1. The third-order valence-electron chi connectivity index (χ3n) is 4.98. The molecular formula is C21H18ClN3O3. The molecule has 2 heterocycles. The first-order valence-electron chi connectivity index (χ1n) is 8.88. The normalized spacial score (nSPS) is 15.9. The molecule has 1 atom stereocenters. The maximum atomic E-state index is 13.2. The second-order valence-electron chi connectivity index (χ2n) is 6.79. The molecule has 7 heteroatoms. The third kappa shape index (κ3) is 3.16. The van der Waals surface area contributed by atoms with Crippen molar-refractivity contribution in [2.75, 3.05) is 0 Å². The number of aromatic nitrogens is 2. The minimum Gasteiger partial charge on any atom is -0.480 e. The van der Waals surface area contributed by atoms with Gasteiger partial charge in [0.25, 0.3) is 5.91 Å². The lowest BCUT2D eigenvalue weighted by atomic mass is 9.93. The Morgan fingerprint density at radius 3 is 2.50 bits per heavy atom. The number of benzene rings is 2. The lowest BCUT2D eigenvalue weighted by Crippen LogP contribution is -2.48. The molecule has 28 heavy (non-hydrogen) atoms. The largest absolute Gasteiger partial charge is 0.480 e. The van der Waals surface area contributed by atoms with Gasteiger partial charge in [0, 0.05) is 18.7 Å². The predicted molar refractivity (Wildman–Crippen MR) is 105 cm³/mol. The lowest BCUT2D eigenvalue weighted by Gasteiger charge is -2.34. The molecule has 2 aromatic carbocycles. The van der Waals surface area contributed by atoms with Crippen LogP contribution in [-0.2, 0) is 17.8 Å². The van der Waals surface area contributed by atoms with E-state index in [1.165, 1.54) is 4.90 Å². The van der Waals surface area contributed by atoms with E-state index >= 15 is 0 Å². The lowest BCUT2D eigenvalue weighted by molar-refractivity contribution is -0.142. The number of amides is 1. The van der Waals surface area contributed by atoms with E-state index in [-0.39, 0.29) is 18.7 Å². The van der Waals surface area contributed by atoms with Gasteiger partial charge in [0.2, 0.25) is 0 Å². The van der Waals surface area contributed by atoms with Crippen molar-refractivity contribution in [3.8, 4) is 5.69 Å². The van der Waals surface area contributed by atoms with E-state index in [0.29, 0.717) is 10.7 Å². The fourth-order valence-corrected chi connectivity index (χ4v) is 3.77. The molecule has 0 radical (unpaired) electrons. The molecule has 142 valence electrons. The summed E-state index contributed by atoms with van der Waals surface area (Å²) in [5.74, 6) is -1.43. The molecule has 0 saturated heterocycles. The fourth-order valence-electron chi connectivity index (χ4n) is 3.55. The Kier molecular flexibility index (Phi) is 4.65. The van der Waals surface area contributed by atoms with Crippen molar-refractivity contribution in [1.82, 2.24) is 14.7 Å². The molecule has 1 N–H and O–H groups in total. The van der Waals surface area contributed by atoms with Crippen LogP contribution in [0.15, 0.2) is 54.6 Å². The first-order chi connectivity index (χ1) is 13.5. The van der Waals surface area contributed by atoms with Gasteiger partial charge in [-0.3, -0.25) is 4.79 Å². The minimum atomic E-state index is -1.02. The second kappa shape index (κ2) is 7.13. The van der Waals surface area contributed by atoms with Gasteiger partial charge in [-0.05, 0) is 36.2 Å². The van der Waals surface area contributed by atoms with Crippen LogP contribution in [0.1, 0.15) is 27.3 Å². The highest BCUT2D eigenvalue weighted by Crippen LogP contribution is 2.26. The predicted octanol–water partition coefficient (Wildman–Crippen LogP) is 3.49. The average molecular weight is 396 g/mol. The maximum absolute atomic E-state index is 13.2. The number of aliphatic carboxylic acids is 1. The number of carboxylic acid groups (broad SMARTS) is 1. The Morgan fingerprint density at radius 2 is 1.79 bits per heavy atom. The number of para-hydroxylation sites is 1. The highest BCUT2D eigenvalue weighted by molar-refractivity contribution is 6.32. The number of hydrogen-bond acceptors (Lipinski definition) is 3. The quantitative estimate of drug-likeness (QED) is 0.736. The Balaban J connectivity index is 1.70. The number of carboxylic acids is 1. The summed E-state index contributed by atoms with van der Waals surface area (Å²) in [6, 6.07) is 15.5. The molecular weight excluding hydrogens is 378 g/mol. The fraction of sp³-hybridized carbons (Fsp3) is 0.190. The van der Waals surface area contributed by atoms with Crippen LogP contribution in [0.2, 0.25) is 5.02 Å². The number of nitrogens with zero attached hydrogens (tertiary/aromatic N) is 3. The number of carbonyl (C=O) groups is 2. The zero-order valence-electron chi connectivity index (χ0n) is 15.2. The van der Waals surface area contributed by atoms with Crippen LogP contribution < -0.4 is 0 Å². The molecule has 1 unspecified atom stereocenters. The van der Waals surface area contributed by atoms with Crippen LogP contribution in [0.5, 0.6) is 0 Å². The zero-order chi connectivity index (χ0) is 19.8. The summed E-state index contributed by atoms with van der Waals surface area (Å²) in [4.78, 5) is 26.3. The topological polar surface area (TPSA) is 75.4 Å². The summed E-state index contributed by atoms with van der Waals surface area (Å²) in [6.45, 7) is 2.07. The summed E-state index contributed by atoms with van der Waals surface area (Å²) >= 11 is 6.26. The summed E-state index contributed by atoms with van der Waals surface area (Å²) in [7, 11) is 0. The van der Waals surface area contributed by atoms with Gasteiger partial charge in [-0.15, -0.1) is 0 Å². The second-order valence-corrected chi connectivity index (χ2v) is 7.20. The van der Waals surface area contributed by atoms with E-state index in [9.17, 15) is 14.7 Å². The molecule has 0 aliphatic carbocycles. The molecule has 1 amide bonds. The minimum absolute atomic E-state index is 0.197. The molecule has 1 aliphatic heterocycles. The van der Waals surface area contributed by atoms with Gasteiger partial charge in [0.15, 0.2) is 5.69 Å². The Morgan fingerprint density at radius 1 is 1.11 bits per heavy atom. The van der Waals surface area contributed by atoms with Crippen LogP contribution >= 0.6 is 11.6 Å². The van der Waals surface area contributed by atoms with E-state index in [4.69, 9.17) is 11.6 Å². The van der Waals surface area contributed by atoms with Crippen molar-refractivity contribution in [2.45, 2.75) is 25.9 Å². The van der Waals surface area contributed by atoms with Gasteiger partial charge >= 0.3 is 5.97 Å². The van der Waals surface area contributed by atoms with E-state index in [2.05, 4.69) is 5.10 Å². The molecule has 0 bridgehead atoms. The molecule has 6 nitrogen and oxygen atoms in total. The van der Waals surface area contributed by atoms with Gasteiger partial charge in [-0.25, -0.2) is 9.48 Å². The standard InChI is InChI=1S/C21H18ClN3O3/c1-13-10-17(23-25(13)18-9-5-4-8-16(18)22)20(26)24-12-15-7-3-2-6-14(15)11-19(24)21(27)28/h2-10,19H,11-12H2,1H3,(H,27,28). The van der Waals surface area contributed by atoms with Crippen LogP contribution in [0.3, 0.4) is 0 Å². The van der Waals surface area contributed by atoms with Crippen molar-refractivity contribution in [1.29, 1.82) is 0 Å². The number of hydrogen-bond donors (Lipinski definition) is 1. The number of halogens is 1. The SMILES string of the molecule is Cc1cc(C(=O)N2Cc3ccccc3CC2C(=O)O)nn1-c1ccccc1Cl. The highest BCUT2D eigenvalue weighted by Gasteiger charge is 2.36. The maximum Gasteiger partial charge on any atom is 0.326 e. The van der Waals surface area contributed by atoms with Crippen molar-refractivity contribution < 1.29 is 14.7 Å². The van der Waals surface area contributed by atoms with E-state index in [1.807, 2.05) is 49.4 Å². The Hall–Kier alpha value is -3.12. The van der Waals surface area contributed by atoms with Crippen molar-refractivity contribution >= 4 is 23.5 Å². The van der Waals surface area contributed by atoms with Crippen LogP contribution in [0, 0.1) is 6.92 Å². The molecule has 1 aromatic heterocycles. The first kappa shape index (κ1) is 18.3. The molecule has 1 aliphatic rings. The molecule has 4 rings (SSSR count). The van der Waals surface area contributed by atoms with Crippen LogP contribution in [0.4, 0.5) is 0 Å². The number of carbonyl (C=O) groups excluding carboxylic acids is 1. The third-order valence-corrected chi connectivity index (χ3v) is 5.30. The number of fused-ring (bicyclic) bond motifs is 1. The molecule has 3 aromatic rings. The van der Waals surface area contributed by atoms with Crippen LogP contribution in [0.25, 0.3) is 5.69 Å². The zero-order valence-corrected chi connectivity index (χ0v) is 15.9. The summed E-state index contributed by atoms with van der Waals surface area (Å²) in [6.07, 6.45) is 0.279. The molecule has 0 spiro atoms. The van der Waals surface area contributed by atoms with Crippen molar-refractivity contribution in [2.24, 2.45) is 0 Å². The summed E-state index contributed by atoms with van der Waals surface area (Å²) in [5.41, 5.74) is 3.51. The summed E-state index contributed by atoms with van der Waals surface area (Å²) < 4.78 is 1.60. The Bertz CT molecular complexity index is 1080. The van der Waals surface area contributed by atoms with Gasteiger partial charge < -0.3 is 10.0 Å². The van der Waals surface area contributed by atoms with Crippen LogP contribution in [-0.4, -0.2) is 37.7 Å². The van der Waals surface area contributed by atoms with Gasteiger partial charge in [-0.2, -0.15) is 5.10 Å². The smallest absolute Gasteiger partial charge is 0.326 e. The number of rotatable bonds is 3.